The first-order valence-corrected chi connectivity index (χ1v) is 8.19. The third-order valence-electron chi connectivity index (χ3n) is 3.00. The standard InChI is InChI=1S/C17H27F2N3O2/c1-5-20-17(21-10-12(3)4)22-11-13-8-7-9-14(23-6-2)15(13)24-16(18)19/h7-9,12,16H,5-6,10-11H2,1-4H3,(H2,20,21,22). The summed E-state index contributed by atoms with van der Waals surface area (Å²) in [6.45, 7) is 7.08. The van der Waals surface area contributed by atoms with Crippen molar-refractivity contribution in [2.75, 3.05) is 19.7 Å². The van der Waals surface area contributed by atoms with Gasteiger partial charge in [0.25, 0.3) is 0 Å². The number of nitrogens with one attached hydrogen (secondary N) is 2. The molecule has 0 aliphatic carbocycles. The van der Waals surface area contributed by atoms with Crippen LogP contribution in [0.5, 0.6) is 11.5 Å². The topological polar surface area (TPSA) is 54.9 Å². The Morgan fingerprint density at radius 3 is 2.54 bits per heavy atom. The van der Waals surface area contributed by atoms with Gasteiger partial charge in [0.2, 0.25) is 0 Å². The second-order valence-electron chi connectivity index (χ2n) is 5.53. The SMILES string of the molecule is CCNC(=NCc1cccc(OCC)c1OC(F)F)NCC(C)C. The molecular weight excluding hydrogens is 316 g/mol. The van der Waals surface area contributed by atoms with Crippen LogP contribution in [0.15, 0.2) is 23.2 Å². The fourth-order valence-electron chi connectivity index (χ4n) is 1.98. The number of guanidine groups is 1. The van der Waals surface area contributed by atoms with Crippen LogP contribution in [0.25, 0.3) is 0 Å². The van der Waals surface area contributed by atoms with Crippen LogP contribution in [0, 0.1) is 5.92 Å². The van der Waals surface area contributed by atoms with E-state index in [0.717, 1.165) is 6.54 Å². The van der Waals surface area contributed by atoms with Crippen molar-refractivity contribution in [3.8, 4) is 11.5 Å². The monoisotopic (exact) mass is 343 g/mol. The predicted molar refractivity (Wildman–Crippen MR) is 91.9 cm³/mol. The van der Waals surface area contributed by atoms with Crippen LogP contribution >= 0.6 is 0 Å². The third-order valence-corrected chi connectivity index (χ3v) is 3.00. The van der Waals surface area contributed by atoms with Crippen molar-refractivity contribution >= 4 is 5.96 Å². The lowest BCUT2D eigenvalue weighted by atomic mass is 10.2. The van der Waals surface area contributed by atoms with Crippen LogP contribution < -0.4 is 20.1 Å². The predicted octanol–water partition coefficient (Wildman–Crippen LogP) is 3.40. The Hall–Kier alpha value is -2.05. The Morgan fingerprint density at radius 2 is 1.96 bits per heavy atom. The molecule has 0 spiro atoms. The fourth-order valence-corrected chi connectivity index (χ4v) is 1.98. The van der Waals surface area contributed by atoms with Gasteiger partial charge in [-0.05, 0) is 25.8 Å². The number of rotatable bonds is 9. The first-order valence-electron chi connectivity index (χ1n) is 8.19. The highest BCUT2D eigenvalue weighted by atomic mass is 19.3. The number of para-hydroxylation sites is 1. The molecule has 5 nitrogen and oxygen atoms in total. The molecule has 0 amide bonds. The van der Waals surface area contributed by atoms with Crippen LogP contribution in [0.3, 0.4) is 0 Å². The molecule has 0 heterocycles. The highest BCUT2D eigenvalue weighted by Crippen LogP contribution is 2.33. The van der Waals surface area contributed by atoms with Crippen molar-refractivity contribution in [3.63, 3.8) is 0 Å². The largest absolute Gasteiger partial charge is 0.490 e. The highest BCUT2D eigenvalue weighted by Gasteiger charge is 2.15. The Bertz CT molecular complexity index is 523. The molecule has 0 atom stereocenters. The molecule has 1 aromatic rings. The Kier molecular flexibility index (Phi) is 8.89. The first kappa shape index (κ1) is 20.0. The molecule has 1 aromatic carbocycles. The van der Waals surface area contributed by atoms with Gasteiger partial charge in [-0.1, -0.05) is 26.0 Å². The lowest BCUT2D eigenvalue weighted by Crippen LogP contribution is -2.39. The van der Waals surface area contributed by atoms with E-state index in [-0.39, 0.29) is 12.3 Å². The molecule has 24 heavy (non-hydrogen) atoms. The van der Waals surface area contributed by atoms with E-state index in [2.05, 4.69) is 34.2 Å². The number of nitrogens with zero attached hydrogens (tertiary/aromatic N) is 1. The summed E-state index contributed by atoms with van der Waals surface area (Å²) < 4.78 is 35.4. The molecular formula is C17H27F2N3O2. The van der Waals surface area contributed by atoms with Crippen LogP contribution in [0.4, 0.5) is 8.78 Å². The third kappa shape index (κ3) is 7.02. The number of halogens is 2. The number of hydrogen-bond acceptors (Lipinski definition) is 3. The van der Waals surface area contributed by atoms with Crippen LogP contribution in [0.2, 0.25) is 0 Å². The van der Waals surface area contributed by atoms with Crippen LogP contribution in [-0.2, 0) is 6.54 Å². The molecule has 0 aromatic heterocycles. The van der Waals surface area contributed by atoms with E-state index in [1.54, 1.807) is 25.1 Å². The summed E-state index contributed by atoms with van der Waals surface area (Å²) in [5.74, 6) is 1.44. The zero-order chi connectivity index (χ0) is 17.9. The maximum absolute atomic E-state index is 12.7. The number of benzene rings is 1. The summed E-state index contributed by atoms with van der Waals surface area (Å²) in [5, 5.41) is 6.34. The molecule has 136 valence electrons. The molecule has 1 rings (SSSR count). The van der Waals surface area contributed by atoms with Gasteiger partial charge in [0.15, 0.2) is 17.5 Å². The first-order chi connectivity index (χ1) is 11.5. The summed E-state index contributed by atoms with van der Waals surface area (Å²) >= 11 is 0. The van der Waals surface area contributed by atoms with Crippen molar-refractivity contribution in [2.45, 2.75) is 40.9 Å². The second kappa shape index (κ2) is 10.7. The van der Waals surface area contributed by atoms with Crippen molar-refractivity contribution in [1.82, 2.24) is 10.6 Å². The molecule has 0 aliphatic heterocycles. The maximum atomic E-state index is 12.7. The Balaban J connectivity index is 2.97. The van der Waals surface area contributed by atoms with Gasteiger partial charge in [0.1, 0.15) is 0 Å². The molecule has 7 heteroatoms. The number of aliphatic imine (C=N–C) groups is 1. The average molecular weight is 343 g/mol. The van der Waals surface area contributed by atoms with Gasteiger partial charge in [0.05, 0.1) is 13.2 Å². The Morgan fingerprint density at radius 1 is 1.21 bits per heavy atom. The minimum atomic E-state index is -2.92. The highest BCUT2D eigenvalue weighted by molar-refractivity contribution is 5.79. The van der Waals surface area contributed by atoms with Gasteiger partial charge in [-0.25, -0.2) is 4.99 Å². The minimum Gasteiger partial charge on any atom is -0.490 e. The zero-order valence-electron chi connectivity index (χ0n) is 14.7. The number of ether oxygens (including phenoxy) is 2. The second-order valence-corrected chi connectivity index (χ2v) is 5.53. The summed E-state index contributed by atoms with van der Waals surface area (Å²) in [6, 6.07) is 5.05. The van der Waals surface area contributed by atoms with Crippen molar-refractivity contribution in [2.24, 2.45) is 10.9 Å². The van der Waals surface area contributed by atoms with Gasteiger partial charge >= 0.3 is 6.61 Å². The van der Waals surface area contributed by atoms with E-state index in [0.29, 0.717) is 36.3 Å². The summed E-state index contributed by atoms with van der Waals surface area (Å²) in [4.78, 5) is 4.44. The molecule has 0 saturated heterocycles. The van der Waals surface area contributed by atoms with Crippen molar-refractivity contribution in [1.29, 1.82) is 0 Å². The lowest BCUT2D eigenvalue weighted by Gasteiger charge is -2.16. The molecule has 0 saturated carbocycles. The maximum Gasteiger partial charge on any atom is 0.387 e. The van der Waals surface area contributed by atoms with E-state index in [1.165, 1.54) is 0 Å². The normalized spacial score (nSPS) is 11.8. The molecule has 0 aliphatic rings. The molecule has 0 fully saturated rings. The molecule has 2 N–H and O–H groups in total. The quantitative estimate of drug-likeness (QED) is 0.533. The fraction of sp³-hybridized carbons (Fsp3) is 0.588. The zero-order valence-corrected chi connectivity index (χ0v) is 14.7. The Labute approximate surface area is 142 Å². The van der Waals surface area contributed by atoms with E-state index in [1.807, 2.05) is 6.92 Å². The van der Waals surface area contributed by atoms with Gasteiger partial charge < -0.3 is 20.1 Å². The summed E-state index contributed by atoms with van der Waals surface area (Å²) in [7, 11) is 0. The van der Waals surface area contributed by atoms with Gasteiger partial charge in [-0.3, -0.25) is 0 Å². The smallest absolute Gasteiger partial charge is 0.387 e. The van der Waals surface area contributed by atoms with Crippen molar-refractivity contribution < 1.29 is 18.3 Å². The molecule has 0 bridgehead atoms. The van der Waals surface area contributed by atoms with Crippen LogP contribution in [0.1, 0.15) is 33.3 Å². The number of hydrogen-bond donors (Lipinski definition) is 2. The van der Waals surface area contributed by atoms with E-state index >= 15 is 0 Å². The van der Waals surface area contributed by atoms with E-state index < -0.39 is 6.61 Å². The van der Waals surface area contributed by atoms with Gasteiger partial charge in [0, 0.05) is 18.7 Å². The van der Waals surface area contributed by atoms with Gasteiger partial charge in [-0.2, -0.15) is 8.78 Å². The van der Waals surface area contributed by atoms with Crippen molar-refractivity contribution in [3.05, 3.63) is 23.8 Å². The van der Waals surface area contributed by atoms with Gasteiger partial charge in [-0.15, -0.1) is 0 Å². The minimum absolute atomic E-state index is 0.0396. The lowest BCUT2D eigenvalue weighted by molar-refractivity contribution is -0.0520. The number of alkyl halides is 2. The molecule has 0 radical (unpaired) electrons. The average Bonchev–Trinajstić information content (AvgIpc) is 2.52. The van der Waals surface area contributed by atoms with E-state index in [4.69, 9.17) is 4.74 Å². The summed E-state index contributed by atoms with van der Waals surface area (Å²) in [5.41, 5.74) is 0.544. The van der Waals surface area contributed by atoms with E-state index in [9.17, 15) is 8.78 Å². The summed E-state index contributed by atoms with van der Waals surface area (Å²) in [6.07, 6.45) is 0. The molecule has 0 unspecified atom stereocenters. The van der Waals surface area contributed by atoms with Crippen LogP contribution in [-0.4, -0.2) is 32.3 Å².